The van der Waals surface area contributed by atoms with E-state index in [1.807, 2.05) is 25.1 Å². The van der Waals surface area contributed by atoms with Crippen molar-refractivity contribution in [3.63, 3.8) is 0 Å². The minimum Gasteiger partial charge on any atom is -0.383 e. The zero-order chi connectivity index (χ0) is 19.9. The summed E-state index contributed by atoms with van der Waals surface area (Å²) in [4.78, 5) is 25.1. The molecule has 3 fully saturated rings. The average Bonchev–Trinajstić information content (AvgIpc) is 3.32. The summed E-state index contributed by atoms with van der Waals surface area (Å²) >= 11 is 0. The third-order valence-corrected chi connectivity index (χ3v) is 6.34. The zero-order valence-corrected chi connectivity index (χ0v) is 16.7. The number of nitrogens with two attached hydrogens (primary N) is 1. The Morgan fingerprint density at radius 2 is 2.36 bits per heavy atom. The Kier molecular flexibility index (Phi) is 4.91. The lowest BCUT2D eigenvalue weighted by molar-refractivity contribution is -0.121. The summed E-state index contributed by atoms with van der Waals surface area (Å²) in [5.74, 6) is 2.76. The maximum Gasteiger partial charge on any atom is 0.228 e. The van der Waals surface area contributed by atoms with Crippen LogP contribution >= 0.6 is 0 Å². The molecule has 8 heteroatoms. The SMILES string of the molecule is C=CCCC(=O)NC[C@H]1[C@H]2CN(c3cc(N)nc(N(C)C)n3)C[C@]23CC[C@H]1O3. The van der Waals surface area contributed by atoms with E-state index in [9.17, 15) is 4.79 Å². The number of nitrogen functional groups attached to an aromatic ring is 1. The van der Waals surface area contributed by atoms with Crippen molar-refractivity contribution < 1.29 is 9.53 Å². The molecule has 2 bridgehead atoms. The minimum absolute atomic E-state index is 0.0887. The summed E-state index contributed by atoms with van der Waals surface area (Å²) in [5.41, 5.74) is 5.89. The van der Waals surface area contributed by atoms with Gasteiger partial charge in [-0.25, -0.2) is 0 Å². The number of rotatable bonds is 7. The highest BCUT2D eigenvalue weighted by Crippen LogP contribution is 2.55. The van der Waals surface area contributed by atoms with Crippen LogP contribution in [0.4, 0.5) is 17.6 Å². The zero-order valence-electron chi connectivity index (χ0n) is 16.7. The summed E-state index contributed by atoms with van der Waals surface area (Å²) in [6, 6.07) is 1.84. The van der Waals surface area contributed by atoms with Crippen LogP contribution in [0.2, 0.25) is 0 Å². The normalized spacial score (nSPS) is 30.4. The van der Waals surface area contributed by atoms with E-state index in [2.05, 4.69) is 26.8 Å². The summed E-state index contributed by atoms with van der Waals surface area (Å²) in [6.45, 7) is 6.04. The van der Waals surface area contributed by atoms with Crippen LogP contribution in [0.3, 0.4) is 0 Å². The number of allylic oxidation sites excluding steroid dienone is 1. The Morgan fingerprint density at radius 3 is 3.11 bits per heavy atom. The van der Waals surface area contributed by atoms with E-state index in [1.54, 1.807) is 6.08 Å². The van der Waals surface area contributed by atoms with Crippen LogP contribution < -0.4 is 20.9 Å². The van der Waals surface area contributed by atoms with Crippen LogP contribution in [0, 0.1) is 11.8 Å². The molecule has 152 valence electrons. The number of hydrogen-bond donors (Lipinski definition) is 2. The van der Waals surface area contributed by atoms with Crippen LogP contribution in [0.5, 0.6) is 0 Å². The second-order valence-electron chi connectivity index (χ2n) is 8.39. The van der Waals surface area contributed by atoms with Gasteiger partial charge in [0.15, 0.2) is 0 Å². The first-order valence-electron chi connectivity index (χ1n) is 10.0. The van der Waals surface area contributed by atoms with Crippen LogP contribution in [-0.2, 0) is 9.53 Å². The monoisotopic (exact) mass is 386 g/mol. The van der Waals surface area contributed by atoms with Crippen molar-refractivity contribution in [2.24, 2.45) is 11.8 Å². The molecule has 3 aliphatic heterocycles. The third-order valence-electron chi connectivity index (χ3n) is 6.34. The van der Waals surface area contributed by atoms with Crippen LogP contribution in [0.25, 0.3) is 0 Å². The van der Waals surface area contributed by atoms with Crippen LogP contribution in [0.1, 0.15) is 25.7 Å². The van der Waals surface area contributed by atoms with E-state index in [4.69, 9.17) is 10.5 Å². The lowest BCUT2D eigenvalue weighted by Crippen LogP contribution is -2.41. The number of ether oxygens (including phenoxy) is 1. The highest BCUT2D eigenvalue weighted by molar-refractivity contribution is 5.76. The van der Waals surface area contributed by atoms with Crippen molar-refractivity contribution in [1.29, 1.82) is 0 Å². The van der Waals surface area contributed by atoms with Gasteiger partial charge in [0, 0.05) is 58.1 Å². The first kappa shape index (κ1) is 19.0. The highest BCUT2D eigenvalue weighted by atomic mass is 16.5. The maximum atomic E-state index is 12.0. The molecule has 0 unspecified atom stereocenters. The maximum absolute atomic E-state index is 12.0. The van der Waals surface area contributed by atoms with E-state index >= 15 is 0 Å². The molecule has 8 nitrogen and oxygen atoms in total. The predicted molar refractivity (Wildman–Crippen MR) is 109 cm³/mol. The fourth-order valence-electron chi connectivity index (χ4n) is 4.99. The molecule has 0 aliphatic carbocycles. The van der Waals surface area contributed by atoms with Crippen molar-refractivity contribution >= 4 is 23.5 Å². The Bertz CT molecular complexity index is 769. The van der Waals surface area contributed by atoms with Gasteiger partial charge in [0.1, 0.15) is 11.6 Å². The molecule has 1 aromatic rings. The van der Waals surface area contributed by atoms with Gasteiger partial charge in [-0.05, 0) is 19.3 Å². The number of aromatic nitrogens is 2. The number of hydrogen-bond acceptors (Lipinski definition) is 7. The molecule has 1 amide bonds. The molecular formula is C20H30N6O2. The topological polar surface area (TPSA) is 96.6 Å². The Morgan fingerprint density at radius 1 is 1.54 bits per heavy atom. The van der Waals surface area contributed by atoms with E-state index in [1.165, 1.54) is 0 Å². The Balaban J connectivity index is 1.48. The van der Waals surface area contributed by atoms with E-state index in [-0.39, 0.29) is 17.6 Å². The molecule has 0 aromatic carbocycles. The molecule has 4 atom stereocenters. The van der Waals surface area contributed by atoms with Crippen molar-refractivity contribution in [3.05, 3.63) is 18.7 Å². The molecule has 3 saturated heterocycles. The second-order valence-corrected chi connectivity index (χ2v) is 8.39. The van der Waals surface area contributed by atoms with Gasteiger partial charge in [-0.1, -0.05) is 6.08 Å². The van der Waals surface area contributed by atoms with Gasteiger partial charge >= 0.3 is 0 Å². The standard InChI is InChI=1S/C20H30N6O2/c1-4-5-6-18(27)22-10-13-14-11-26(12-20(14)8-7-15(13)28-20)17-9-16(21)23-19(24-17)25(2)3/h4,9,13-15H,1,5-8,10-12H2,2-3H3,(H,22,27)(H2,21,23,24)/t13-,14+,15+,20+/m0/s1. The molecule has 0 radical (unpaired) electrons. The number of carbonyl (C=O) groups excluding carboxylic acids is 1. The molecule has 3 aliphatic rings. The molecule has 1 aromatic heterocycles. The van der Waals surface area contributed by atoms with Gasteiger partial charge in [-0.2, -0.15) is 9.97 Å². The average molecular weight is 387 g/mol. The van der Waals surface area contributed by atoms with E-state index < -0.39 is 0 Å². The van der Waals surface area contributed by atoms with Crippen LogP contribution in [0.15, 0.2) is 18.7 Å². The smallest absolute Gasteiger partial charge is 0.228 e. The van der Waals surface area contributed by atoms with Crippen LogP contribution in [-0.4, -0.2) is 61.3 Å². The fraction of sp³-hybridized carbons (Fsp3) is 0.650. The van der Waals surface area contributed by atoms with Gasteiger partial charge < -0.3 is 25.6 Å². The van der Waals surface area contributed by atoms with Crippen molar-refractivity contribution in [2.45, 2.75) is 37.4 Å². The van der Waals surface area contributed by atoms with Crippen molar-refractivity contribution in [1.82, 2.24) is 15.3 Å². The largest absolute Gasteiger partial charge is 0.383 e. The molecule has 4 rings (SSSR count). The number of nitrogens with zero attached hydrogens (tertiary/aromatic N) is 4. The first-order chi connectivity index (χ1) is 13.4. The Labute approximate surface area is 166 Å². The molecule has 3 N–H and O–H groups in total. The lowest BCUT2D eigenvalue weighted by atomic mass is 9.73. The summed E-state index contributed by atoms with van der Waals surface area (Å²) < 4.78 is 6.48. The van der Waals surface area contributed by atoms with E-state index in [0.29, 0.717) is 43.0 Å². The molecule has 0 saturated carbocycles. The third kappa shape index (κ3) is 3.30. The molecule has 28 heavy (non-hydrogen) atoms. The fourth-order valence-corrected chi connectivity index (χ4v) is 4.99. The lowest BCUT2D eigenvalue weighted by Gasteiger charge is -2.29. The van der Waals surface area contributed by atoms with Crippen molar-refractivity contribution in [2.75, 3.05) is 49.3 Å². The second kappa shape index (κ2) is 7.24. The quantitative estimate of drug-likeness (QED) is 0.680. The van der Waals surface area contributed by atoms with Crippen molar-refractivity contribution in [3.8, 4) is 0 Å². The van der Waals surface area contributed by atoms with Gasteiger partial charge in [-0.15, -0.1) is 6.58 Å². The number of amides is 1. The van der Waals surface area contributed by atoms with Gasteiger partial charge in [0.2, 0.25) is 11.9 Å². The summed E-state index contributed by atoms with van der Waals surface area (Å²) in [5, 5.41) is 3.10. The van der Waals surface area contributed by atoms with Gasteiger partial charge in [-0.3, -0.25) is 4.79 Å². The van der Waals surface area contributed by atoms with E-state index in [0.717, 1.165) is 31.7 Å². The number of nitrogens with one attached hydrogen (secondary N) is 1. The predicted octanol–water partition coefficient (Wildman–Crippen LogP) is 1.19. The Hall–Kier alpha value is -2.35. The number of carbonyl (C=O) groups is 1. The van der Waals surface area contributed by atoms with Gasteiger partial charge in [0.05, 0.1) is 11.7 Å². The minimum atomic E-state index is -0.126. The molecular weight excluding hydrogens is 356 g/mol. The van der Waals surface area contributed by atoms with Gasteiger partial charge in [0.25, 0.3) is 0 Å². The number of anilines is 3. The summed E-state index contributed by atoms with van der Waals surface area (Å²) in [7, 11) is 3.82. The summed E-state index contributed by atoms with van der Waals surface area (Å²) in [6.07, 6.45) is 5.37. The molecule has 1 spiro atoms. The number of fused-ring (bicyclic) bond motifs is 1. The highest BCUT2D eigenvalue weighted by Gasteiger charge is 2.63. The first-order valence-corrected chi connectivity index (χ1v) is 10.0. The molecule has 4 heterocycles.